The van der Waals surface area contributed by atoms with Gasteiger partial charge in [0.1, 0.15) is 5.52 Å². The highest BCUT2D eigenvalue weighted by Gasteiger charge is 2.33. The van der Waals surface area contributed by atoms with Crippen LogP contribution in [0.5, 0.6) is 0 Å². The number of oxazole rings is 1. The molecule has 33 heavy (non-hydrogen) atoms. The van der Waals surface area contributed by atoms with Gasteiger partial charge in [-0.15, -0.1) is 0 Å². The van der Waals surface area contributed by atoms with Crippen LogP contribution in [0.25, 0.3) is 11.1 Å². The van der Waals surface area contributed by atoms with Gasteiger partial charge in [-0.2, -0.15) is 0 Å². The third-order valence-corrected chi connectivity index (χ3v) is 6.35. The lowest BCUT2D eigenvalue weighted by molar-refractivity contribution is -0.145. The van der Waals surface area contributed by atoms with Crippen molar-refractivity contribution in [2.24, 2.45) is 5.92 Å². The quantitative estimate of drug-likeness (QED) is 0.635. The van der Waals surface area contributed by atoms with Gasteiger partial charge in [0.25, 0.3) is 11.8 Å². The highest BCUT2D eigenvalue weighted by atomic mass is 16.6. The van der Waals surface area contributed by atoms with E-state index in [1.807, 2.05) is 0 Å². The van der Waals surface area contributed by atoms with Crippen molar-refractivity contribution in [1.82, 2.24) is 15.2 Å². The summed E-state index contributed by atoms with van der Waals surface area (Å²) in [5.74, 6) is -0.393. The number of ether oxygens (including phenoxy) is 2. The first-order chi connectivity index (χ1) is 16.0. The van der Waals surface area contributed by atoms with Gasteiger partial charge < -0.3 is 24.1 Å². The molecule has 4 rings (SSSR count). The first-order valence-electron chi connectivity index (χ1n) is 11.7. The molecular formula is C24H31N3O6. The second-order valence-corrected chi connectivity index (χ2v) is 8.79. The summed E-state index contributed by atoms with van der Waals surface area (Å²) < 4.78 is 16.4. The number of amides is 2. The molecule has 2 heterocycles. The maximum absolute atomic E-state index is 13.1. The number of ketones is 1. The van der Waals surface area contributed by atoms with Crippen LogP contribution >= 0.6 is 0 Å². The summed E-state index contributed by atoms with van der Waals surface area (Å²) in [6.07, 6.45) is 4.35. The molecule has 0 bridgehead atoms. The Morgan fingerprint density at radius 3 is 2.61 bits per heavy atom. The molecule has 9 nitrogen and oxygen atoms in total. The topological polar surface area (TPSA) is 111 Å². The summed E-state index contributed by atoms with van der Waals surface area (Å²) in [4.78, 5) is 44.4. The van der Waals surface area contributed by atoms with Crippen molar-refractivity contribution in [2.75, 3.05) is 26.3 Å². The van der Waals surface area contributed by atoms with Gasteiger partial charge in [0.15, 0.2) is 11.7 Å². The number of hydrogen-bond acceptors (Lipinski definition) is 7. The number of para-hydroxylation sites is 2. The molecule has 178 valence electrons. The summed E-state index contributed by atoms with van der Waals surface area (Å²) in [5.41, 5.74) is 1.07. The van der Waals surface area contributed by atoms with E-state index in [1.165, 1.54) is 6.42 Å². The smallest absolute Gasteiger partial charge is 0.408 e. The van der Waals surface area contributed by atoms with Gasteiger partial charge in [0, 0.05) is 13.1 Å². The van der Waals surface area contributed by atoms with E-state index in [1.54, 1.807) is 36.1 Å². The predicted molar refractivity (Wildman–Crippen MR) is 120 cm³/mol. The summed E-state index contributed by atoms with van der Waals surface area (Å²) >= 11 is 0. The van der Waals surface area contributed by atoms with Crippen LogP contribution in [0.2, 0.25) is 0 Å². The number of carbonyl (C=O) groups is 3. The van der Waals surface area contributed by atoms with Crippen molar-refractivity contribution in [3.8, 4) is 0 Å². The maximum Gasteiger partial charge on any atom is 0.408 e. The molecule has 2 aromatic rings. The number of carbonyl (C=O) groups excluding carboxylic acids is 3. The Kier molecular flexibility index (Phi) is 7.59. The fourth-order valence-electron chi connectivity index (χ4n) is 4.48. The first-order valence-corrected chi connectivity index (χ1v) is 11.7. The number of aromatic nitrogens is 1. The zero-order valence-electron chi connectivity index (χ0n) is 19.0. The number of nitrogens with one attached hydrogen (secondary N) is 1. The first kappa shape index (κ1) is 23.2. The van der Waals surface area contributed by atoms with Crippen molar-refractivity contribution < 1.29 is 28.3 Å². The van der Waals surface area contributed by atoms with Gasteiger partial charge in [-0.25, -0.2) is 9.78 Å². The average Bonchev–Trinajstić information content (AvgIpc) is 3.28. The Morgan fingerprint density at radius 1 is 1.15 bits per heavy atom. The molecule has 2 amide bonds. The van der Waals surface area contributed by atoms with Crippen LogP contribution in [0.15, 0.2) is 28.7 Å². The van der Waals surface area contributed by atoms with Gasteiger partial charge in [0.05, 0.1) is 19.3 Å². The molecule has 1 aliphatic carbocycles. The summed E-state index contributed by atoms with van der Waals surface area (Å²) in [5, 5.41) is 2.54. The Balaban J connectivity index is 1.39. The second kappa shape index (κ2) is 10.8. The van der Waals surface area contributed by atoms with Gasteiger partial charge in [-0.05, 0) is 31.4 Å². The molecule has 1 aromatic heterocycles. The van der Waals surface area contributed by atoms with Crippen molar-refractivity contribution in [3.63, 3.8) is 0 Å². The molecule has 2 fully saturated rings. The summed E-state index contributed by atoms with van der Waals surface area (Å²) in [6.45, 7) is 3.46. The van der Waals surface area contributed by atoms with Crippen LogP contribution in [-0.4, -0.2) is 66.1 Å². The van der Waals surface area contributed by atoms with E-state index in [2.05, 4.69) is 10.3 Å². The molecule has 1 N–H and O–H groups in total. The third-order valence-electron chi connectivity index (χ3n) is 6.35. The Morgan fingerprint density at radius 2 is 1.88 bits per heavy atom. The molecule has 1 aliphatic heterocycles. The van der Waals surface area contributed by atoms with Crippen LogP contribution in [0, 0.1) is 5.92 Å². The highest BCUT2D eigenvalue weighted by molar-refractivity contribution is 5.99. The van der Waals surface area contributed by atoms with Crippen molar-refractivity contribution >= 4 is 28.9 Å². The minimum absolute atomic E-state index is 0.0767. The molecular weight excluding hydrogens is 426 g/mol. The van der Waals surface area contributed by atoms with E-state index >= 15 is 0 Å². The van der Waals surface area contributed by atoms with Crippen LogP contribution in [-0.2, 0) is 14.3 Å². The van der Waals surface area contributed by atoms with Gasteiger partial charge >= 0.3 is 6.09 Å². The lowest BCUT2D eigenvalue weighted by Gasteiger charge is -2.32. The Labute approximate surface area is 192 Å². The molecule has 2 aliphatic rings. The summed E-state index contributed by atoms with van der Waals surface area (Å²) in [6, 6.07) is 6.14. The maximum atomic E-state index is 13.1. The van der Waals surface area contributed by atoms with Gasteiger partial charge in [-0.3, -0.25) is 9.59 Å². The zero-order valence-corrected chi connectivity index (χ0v) is 19.0. The molecule has 2 atom stereocenters. The molecule has 9 heteroatoms. The molecule has 1 saturated heterocycles. The molecule has 1 aromatic carbocycles. The minimum atomic E-state index is -0.917. The third kappa shape index (κ3) is 5.90. The monoisotopic (exact) mass is 457 g/mol. The Bertz CT molecular complexity index is 944. The highest BCUT2D eigenvalue weighted by Crippen LogP contribution is 2.29. The molecule has 2 unspecified atom stereocenters. The Hall–Kier alpha value is -2.94. The predicted octanol–water partition coefficient (Wildman–Crippen LogP) is 3.32. The minimum Gasteiger partial charge on any atom is -0.436 e. The normalized spacial score (nSPS) is 19.1. The SMILES string of the molecule is CC(NC(=O)OC(CC1CCCCC1)C(=O)N1CCOCC1)C(=O)c1nc2ccccc2o1. The number of nitrogens with zero attached hydrogens (tertiary/aromatic N) is 2. The largest absolute Gasteiger partial charge is 0.436 e. The zero-order chi connectivity index (χ0) is 23.2. The van der Waals surface area contributed by atoms with E-state index in [0.717, 1.165) is 25.7 Å². The van der Waals surface area contributed by atoms with Crippen LogP contribution in [0.1, 0.15) is 56.1 Å². The fourth-order valence-corrected chi connectivity index (χ4v) is 4.48. The lowest BCUT2D eigenvalue weighted by atomic mass is 9.85. The number of morpholine rings is 1. The lowest BCUT2D eigenvalue weighted by Crippen LogP contribution is -2.49. The number of Topliss-reactive ketones (excluding diaryl/α,β-unsaturated/α-hetero) is 1. The number of benzene rings is 1. The van der Waals surface area contributed by atoms with E-state index in [4.69, 9.17) is 13.9 Å². The van der Waals surface area contributed by atoms with E-state index in [0.29, 0.717) is 49.7 Å². The number of rotatable bonds is 7. The number of hydrogen-bond donors (Lipinski definition) is 1. The molecule has 1 saturated carbocycles. The van der Waals surface area contributed by atoms with Gasteiger partial charge in [-0.1, -0.05) is 44.2 Å². The number of alkyl carbamates (subject to hydrolysis) is 1. The van der Waals surface area contributed by atoms with Crippen molar-refractivity contribution in [2.45, 2.75) is 57.6 Å². The van der Waals surface area contributed by atoms with Crippen molar-refractivity contribution in [1.29, 1.82) is 0 Å². The van der Waals surface area contributed by atoms with E-state index in [9.17, 15) is 14.4 Å². The number of fused-ring (bicyclic) bond motifs is 1. The molecule has 0 radical (unpaired) electrons. The van der Waals surface area contributed by atoms with Crippen LogP contribution in [0.4, 0.5) is 4.79 Å². The average molecular weight is 458 g/mol. The van der Waals surface area contributed by atoms with Gasteiger partial charge in [0.2, 0.25) is 5.78 Å². The van der Waals surface area contributed by atoms with E-state index < -0.39 is 24.0 Å². The standard InChI is InChI=1S/C24H31N3O6/c1-16(21(28)22-26-18-9-5-6-10-19(18)32-22)25-24(30)33-20(15-17-7-3-2-4-8-17)23(29)27-11-13-31-14-12-27/h5-6,9-10,16-17,20H,2-4,7-8,11-15H2,1H3,(H,25,30). The summed E-state index contributed by atoms with van der Waals surface area (Å²) in [7, 11) is 0. The molecule has 0 spiro atoms. The second-order valence-electron chi connectivity index (χ2n) is 8.79. The fraction of sp³-hybridized carbons (Fsp3) is 0.583. The van der Waals surface area contributed by atoms with Crippen LogP contribution in [0.3, 0.4) is 0 Å². The van der Waals surface area contributed by atoms with Crippen molar-refractivity contribution in [3.05, 3.63) is 30.2 Å². The van der Waals surface area contributed by atoms with E-state index in [-0.39, 0.29) is 11.8 Å². The van der Waals surface area contributed by atoms with Crippen LogP contribution < -0.4 is 5.32 Å².